The largest absolute Gasteiger partial charge is 0.393 e. The molecule has 2 amide bonds. The quantitative estimate of drug-likeness (QED) is 0.759. The third-order valence-corrected chi connectivity index (χ3v) is 4.28. The molecule has 4 nitrogen and oxygen atoms in total. The van der Waals surface area contributed by atoms with Crippen molar-refractivity contribution >= 4 is 33.3 Å². The number of carbonyl (C=O) groups is 1. The summed E-state index contributed by atoms with van der Waals surface area (Å²) >= 11 is 3.38. The zero-order chi connectivity index (χ0) is 15.5. The van der Waals surface area contributed by atoms with E-state index in [9.17, 15) is 9.90 Å². The van der Waals surface area contributed by atoms with Crippen molar-refractivity contribution in [3.8, 4) is 0 Å². The van der Waals surface area contributed by atoms with E-state index in [1.807, 2.05) is 36.4 Å². The highest BCUT2D eigenvalue weighted by atomic mass is 79.9. The van der Waals surface area contributed by atoms with Gasteiger partial charge in [-0.2, -0.15) is 0 Å². The van der Waals surface area contributed by atoms with Crippen LogP contribution in [0, 0.1) is 0 Å². The Kier molecular flexibility index (Phi) is 4.45. The van der Waals surface area contributed by atoms with Crippen LogP contribution in [0.5, 0.6) is 0 Å². The first-order valence-electron chi connectivity index (χ1n) is 7.24. The molecule has 0 fully saturated rings. The monoisotopic (exact) mass is 360 g/mol. The third-order valence-electron chi connectivity index (χ3n) is 3.79. The molecular weight excluding hydrogens is 344 g/mol. The molecule has 1 aliphatic rings. The second-order valence-corrected chi connectivity index (χ2v) is 6.35. The highest BCUT2D eigenvalue weighted by molar-refractivity contribution is 9.10. The van der Waals surface area contributed by atoms with E-state index < -0.39 is 0 Å². The van der Waals surface area contributed by atoms with E-state index in [1.165, 1.54) is 5.56 Å². The Hall–Kier alpha value is -1.85. The maximum Gasteiger partial charge on any atom is 0.323 e. The van der Waals surface area contributed by atoms with Gasteiger partial charge in [0.25, 0.3) is 0 Å². The zero-order valence-corrected chi connectivity index (χ0v) is 13.6. The summed E-state index contributed by atoms with van der Waals surface area (Å²) in [5, 5.41) is 15.5. The van der Waals surface area contributed by atoms with Gasteiger partial charge in [0.1, 0.15) is 0 Å². The molecule has 0 heterocycles. The van der Waals surface area contributed by atoms with Gasteiger partial charge in [-0.25, -0.2) is 4.79 Å². The maximum atomic E-state index is 12.2. The summed E-state index contributed by atoms with van der Waals surface area (Å²) in [6.07, 6.45) is 1.88. The lowest BCUT2D eigenvalue weighted by atomic mass is 9.88. The molecule has 0 bridgehead atoms. The fourth-order valence-corrected chi connectivity index (χ4v) is 3.14. The number of hydrogen-bond acceptors (Lipinski definition) is 2. The number of benzene rings is 2. The van der Waals surface area contributed by atoms with Crippen LogP contribution in [-0.2, 0) is 12.8 Å². The second kappa shape index (κ2) is 6.50. The predicted octanol–water partition coefficient (Wildman–Crippen LogP) is 3.94. The number of aliphatic hydroxyl groups excluding tert-OH is 1. The average molecular weight is 361 g/mol. The number of amides is 2. The first-order chi connectivity index (χ1) is 10.6. The standard InChI is InChI=1S/C17H17BrN2O2/c18-12-4-2-5-13(9-12)19-17(22)20-16-6-1-3-11-7-8-14(21)10-15(11)16/h1-6,9,14,21H,7-8,10H2,(H2,19,20,22). The normalized spacial score (nSPS) is 16.7. The molecule has 2 aromatic rings. The van der Waals surface area contributed by atoms with Crippen molar-refractivity contribution in [3.05, 3.63) is 58.1 Å². The van der Waals surface area contributed by atoms with Gasteiger partial charge in [-0.1, -0.05) is 34.1 Å². The minimum Gasteiger partial charge on any atom is -0.393 e. The SMILES string of the molecule is O=C(Nc1cccc(Br)c1)Nc1cccc2c1CC(O)CC2. The second-order valence-electron chi connectivity index (χ2n) is 5.43. The summed E-state index contributed by atoms with van der Waals surface area (Å²) < 4.78 is 0.908. The minimum absolute atomic E-state index is 0.286. The molecule has 0 spiro atoms. The molecule has 1 atom stereocenters. The Morgan fingerprint density at radius 3 is 2.82 bits per heavy atom. The molecule has 0 saturated carbocycles. The van der Waals surface area contributed by atoms with Gasteiger partial charge >= 0.3 is 6.03 Å². The average Bonchev–Trinajstić information content (AvgIpc) is 2.48. The minimum atomic E-state index is -0.330. The molecule has 5 heteroatoms. The molecule has 3 rings (SSSR count). The topological polar surface area (TPSA) is 61.4 Å². The molecule has 0 saturated heterocycles. The molecule has 22 heavy (non-hydrogen) atoms. The molecule has 1 unspecified atom stereocenters. The number of aryl methyl sites for hydroxylation is 1. The lowest BCUT2D eigenvalue weighted by Gasteiger charge is -2.23. The van der Waals surface area contributed by atoms with Crippen LogP contribution in [0.15, 0.2) is 46.9 Å². The van der Waals surface area contributed by atoms with Crippen LogP contribution in [-0.4, -0.2) is 17.2 Å². The Morgan fingerprint density at radius 2 is 2.00 bits per heavy atom. The number of nitrogens with one attached hydrogen (secondary N) is 2. The van der Waals surface area contributed by atoms with Crippen LogP contribution in [0.1, 0.15) is 17.5 Å². The molecule has 2 aromatic carbocycles. The first-order valence-corrected chi connectivity index (χ1v) is 8.03. The summed E-state index contributed by atoms with van der Waals surface area (Å²) in [4.78, 5) is 12.2. The summed E-state index contributed by atoms with van der Waals surface area (Å²) in [6, 6.07) is 13.0. The molecule has 1 aliphatic carbocycles. The van der Waals surface area contributed by atoms with E-state index in [1.54, 1.807) is 0 Å². The molecular formula is C17H17BrN2O2. The number of aliphatic hydroxyl groups is 1. The van der Waals surface area contributed by atoms with Crippen molar-refractivity contribution in [2.45, 2.75) is 25.4 Å². The fraction of sp³-hybridized carbons (Fsp3) is 0.235. The van der Waals surface area contributed by atoms with Crippen molar-refractivity contribution in [1.29, 1.82) is 0 Å². The smallest absolute Gasteiger partial charge is 0.323 e. The highest BCUT2D eigenvalue weighted by Crippen LogP contribution is 2.28. The van der Waals surface area contributed by atoms with Gasteiger partial charge in [-0.3, -0.25) is 0 Å². The van der Waals surface area contributed by atoms with E-state index in [0.717, 1.165) is 34.3 Å². The zero-order valence-electron chi connectivity index (χ0n) is 12.0. The Bertz CT molecular complexity index is 703. The summed E-state index contributed by atoms with van der Waals surface area (Å²) in [6.45, 7) is 0. The molecule has 0 aromatic heterocycles. The lowest BCUT2D eigenvalue weighted by molar-refractivity contribution is 0.159. The van der Waals surface area contributed by atoms with Gasteiger partial charge < -0.3 is 15.7 Å². The van der Waals surface area contributed by atoms with Crippen LogP contribution < -0.4 is 10.6 Å². The maximum absolute atomic E-state index is 12.2. The number of carbonyl (C=O) groups excluding carboxylic acids is 1. The summed E-state index contributed by atoms with van der Waals surface area (Å²) in [5.74, 6) is 0. The molecule has 114 valence electrons. The van der Waals surface area contributed by atoms with Crippen molar-refractivity contribution in [2.75, 3.05) is 10.6 Å². The predicted molar refractivity (Wildman–Crippen MR) is 91.3 cm³/mol. The number of fused-ring (bicyclic) bond motifs is 1. The van der Waals surface area contributed by atoms with E-state index >= 15 is 0 Å². The van der Waals surface area contributed by atoms with Crippen LogP contribution in [0.25, 0.3) is 0 Å². The van der Waals surface area contributed by atoms with Gasteiger partial charge in [-0.15, -0.1) is 0 Å². The summed E-state index contributed by atoms with van der Waals surface area (Å²) in [5.41, 5.74) is 3.72. The van der Waals surface area contributed by atoms with Crippen molar-refractivity contribution in [2.24, 2.45) is 0 Å². The number of hydrogen-bond donors (Lipinski definition) is 3. The van der Waals surface area contributed by atoms with E-state index in [-0.39, 0.29) is 12.1 Å². The van der Waals surface area contributed by atoms with Crippen molar-refractivity contribution in [3.63, 3.8) is 0 Å². The molecule has 3 N–H and O–H groups in total. The van der Waals surface area contributed by atoms with Gasteiger partial charge in [0, 0.05) is 22.3 Å². The number of halogens is 1. The van der Waals surface area contributed by atoms with Crippen LogP contribution >= 0.6 is 15.9 Å². The molecule has 0 aliphatic heterocycles. The fourth-order valence-electron chi connectivity index (χ4n) is 2.74. The van der Waals surface area contributed by atoms with Gasteiger partial charge in [-0.05, 0) is 48.2 Å². The summed E-state index contributed by atoms with van der Waals surface area (Å²) in [7, 11) is 0. The first kappa shape index (κ1) is 15.1. The number of urea groups is 1. The van der Waals surface area contributed by atoms with Crippen LogP contribution in [0.3, 0.4) is 0 Å². The Labute approximate surface area is 137 Å². The van der Waals surface area contributed by atoms with Crippen LogP contribution in [0.4, 0.5) is 16.2 Å². The lowest BCUT2D eigenvalue weighted by Crippen LogP contribution is -2.24. The van der Waals surface area contributed by atoms with Crippen LogP contribution in [0.2, 0.25) is 0 Å². The van der Waals surface area contributed by atoms with Gasteiger partial charge in [0.05, 0.1) is 6.10 Å². The third kappa shape index (κ3) is 3.48. The Morgan fingerprint density at radius 1 is 1.18 bits per heavy atom. The number of anilines is 2. The van der Waals surface area contributed by atoms with Crippen molar-refractivity contribution < 1.29 is 9.90 Å². The van der Waals surface area contributed by atoms with E-state index in [4.69, 9.17) is 0 Å². The van der Waals surface area contributed by atoms with E-state index in [0.29, 0.717) is 6.42 Å². The van der Waals surface area contributed by atoms with E-state index in [2.05, 4.69) is 32.6 Å². The molecule has 0 radical (unpaired) electrons. The highest BCUT2D eigenvalue weighted by Gasteiger charge is 2.19. The van der Waals surface area contributed by atoms with Gasteiger partial charge in [0.2, 0.25) is 0 Å². The Balaban J connectivity index is 1.74. The van der Waals surface area contributed by atoms with Gasteiger partial charge in [0.15, 0.2) is 0 Å². The van der Waals surface area contributed by atoms with Crippen molar-refractivity contribution in [1.82, 2.24) is 0 Å². The number of rotatable bonds is 2.